The molecule has 0 bridgehead atoms. The van der Waals surface area contributed by atoms with Gasteiger partial charge < -0.3 is 20.1 Å². The predicted molar refractivity (Wildman–Crippen MR) is 75.6 cm³/mol. The summed E-state index contributed by atoms with van der Waals surface area (Å²) in [6, 6.07) is 7.43. The summed E-state index contributed by atoms with van der Waals surface area (Å²) in [4.78, 5) is 15.2. The Kier molecular flexibility index (Phi) is 3.46. The fraction of sp³-hybridized carbons (Fsp3) is 0.400. The standard InChI is InChI=1S/C15H18N2O3/c18-14(17-10-15(19)4-7-20-8-5-15)12-1-2-13-11(9-12)3-6-16-13/h1-3,6,9,16,19H,4-5,7-8,10H2,(H,17,18). The minimum atomic E-state index is -0.841. The van der Waals surface area contributed by atoms with Gasteiger partial charge in [-0.25, -0.2) is 0 Å². The number of carbonyl (C=O) groups is 1. The van der Waals surface area contributed by atoms with Gasteiger partial charge in [0.05, 0.1) is 5.60 Å². The first kappa shape index (κ1) is 13.1. The van der Waals surface area contributed by atoms with Crippen molar-refractivity contribution >= 4 is 16.8 Å². The van der Waals surface area contributed by atoms with E-state index in [1.54, 1.807) is 6.07 Å². The summed E-state index contributed by atoms with van der Waals surface area (Å²) in [7, 11) is 0. The van der Waals surface area contributed by atoms with Crippen molar-refractivity contribution in [1.82, 2.24) is 10.3 Å². The topological polar surface area (TPSA) is 74.3 Å². The Hall–Kier alpha value is -1.85. The summed E-state index contributed by atoms with van der Waals surface area (Å²) in [5, 5.41) is 14.1. The Bertz CT molecular complexity index is 614. The van der Waals surface area contributed by atoms with Crippen molar-refractivity contribution in [2.75, 3.05) is 19.8 Å². The number of aliphatic hydroxyl groups is 1. The van der Waals surface area contributed by atoms with Gasteiger partial charge in [-0.3, -0.25) is 4.79 Å². The molecule has 2 aromatic rings. The number of aromatic amines is 1. The molecule has 1 aliphatic heterocycles. The van der Waals surface area contributed by atoms with Crippen LogP contribution in [-0.2, 0) is 4.74 Å². The Morgan fingerprint density at radius 3 is 2.95 bits per heavy atom. The average molecular weight is 274 g/mol. The summed E-state index contributed by atoms with van der Waals surface area (Å²) in [6.07, 6.45) is 2.96. The van der Waals surface area contributed by atoms with Crippen molar-refractivity contribution in [3.8, 4) is 0 Å². The molecule has 1 fully saturated rings. The van der Waals surface area contributed by atoms with E-state index >= 15 is 0 Å². The van der Waals surface area contributed by atoms with Crippen LogP contribution in [0.15, 0.2) is 30.5 Å². The lowest BCUT2D eigenvalue weighted by Crippen LogP contribution is -2.46. The molecule has 1 aromatic carbocycles. The lowest BCUT2D eigenvalue weighted by Gasteiger charge is -2.32. The first-order valence-electron chi connectivity index (χ1n) is 6.82. The fourth-order valence-electron chi connectivity index (χ4n) is 2.47. The molecular formula is C15H18N2O3. The van der Waals surface area contributed by atoms with Crippen molar-refractivity contribution in [2.45, 2.75) is 18.4 Å². The Morgan fingerprint density at radius 2 is 2.15 bits per heavy atom. The molecule has 3 rings (SSSR count). The molecule has 5 heteroatoms. The molecule has 0 aliphatic carbocycles. The van der Waals surface area contributed by atoms with Gasteiger partial charge in [0, 0.05) is 55.3 Å². The molecule has 1 aromatic heterocycles. The van der Waals surface area contributed by atoms with E-state index in [4.69, 9.17) is 4.74 Å². The van der Waals surface area contributed by atoms with Gasteiger partial charge in [0.2, 0.25) is 0 Å². The van der Waals surface area contributed by atoms with Crippen LogP contribution in [-0.4, -0.2) is 41.4 Å². The van der Waals surface area contributed by atoms with E-state index < -0.39 is 5.60 Å². The fourth-order valence-corrected chi connectivity index (χ4v) is 2.47. The van der Waals surface area contributed by atoms with Gasteiger partial charge in [0.1, 0.15) is 0 Å². The highest BCUT2D eigenvalue weighted by molar-refractivity contribution is 5.98. The van der Waals surface area contributed by atoms with E-state index in [-0.39, 0.29) is 12.5 Å². The molecule has 0 saturated carbocycles. The van der Waals surface area contributed by atoms with Crippen LogP contribution in [0.5, 0.6) is 0 Å². The zero-order valence-electron chi connectivity index (χ0n) is 11.2. The highest BCUT2D eigenvalue weighted by Gasteiger charge is 2.30. The number of hydrogen-bond acceptors (Lipinski definition) is 3. The van der Waals surface area contributed by atoms with Crippen molar-refractivity contribution in [3.05, 3.63) is 36.0 Å². The molecule has 1 saturated heterocycles. The molecule has 1 amide bonds. The van der Waals surface area contributed by atoms with Crippen LogP contribution in [0.3, 0.4) is 0 Å². The van der Waals surface area contributed by atoms with E-state index in [9.17, 15) is 9.90 Å². The summed E-state index contributed by atoms with van der Waals surface area (Å²) in [5.41, 5.74) is 0.767. The van der Waals surface area contributed by atoms with Gasteiger partial charge in [-0.1, -0.05) is 0 Å². The molecule has 0 atom stereocenters. The Morgan fingerprint density at radius 1 is 1.35 bits per heavy atom. The number of H-pyrrole nitrogens is 1. The number of fused-ring (bicyclic) bond motifs is 1. The minimum Gasteiger partial charge on any atom is -0.388 e. The van der Waals surface area contributed by atoms with Crippen molar-refractivity contribution in [1.29, 1.82) is 0 Å². The minimum absolute atomic E-state index is 0.159. The highest BCUT2D eigenvalue weighted by Crippen LogP contribution is 2.20. The molecule has 20 heavy (non-hydrogen) atoms. The van der Waals surface area contributed by atoms with Gasteiger partial charge in [0.15, 0.2) is 0 Å². The van der Waals surface area contributed by atoms with Crippen molar-refractivity contribution in [3.63, 3.8) is 0 Å². The third-order valence-corrected chi connectivity index (χ3v) is 3.82. The van der Waals surface area contributed by atoms with Crippen LogP contribution in [0.1, 0.15) is 23.2 Å². The molecule has 3 N–H and O–H groups in total. The highest BCUT2D eigenvalue weighted by atomic mass is 16.5. The Balaban J connectivity index is 1.66. The summed E-state index contributed by atoms with van der Waals surface area (Å²) in [5.74, 6) is -0.159. The zero-order chi connectivity index (χ0) is 14.0. The maximum Gasteiger partial charge on any atom is 0.251 e. The van der Waals surface area contributed by atoms with E-state index in [2.05, 4.69) is 10.3 Å². The normalized spacial score (nSPS) is 18.1. The number of hydrogen-bond donors (Lipinski definition) is 3. The van der Waals surface area contributed by atoms with Gasteiger partial charge in [-0.2, -0.15) is 0 Å². The van der Waals surface area contributed by atoms with Gasteiger partial charge >= 0.3 is 0 Å². The second kappa shape index (κ2) is 5.26. The van der Waals surface area contributed by atoms with Gasteiger partial charge in [-0.15, -0.1) is 0 Å². The summed E-state index contributed by atoms with van der Waals surface area (Å²) >= 11 is 0. The SMILES string of the molecule is O=C(NCC1(O)CCOCC1)c1ccc2[nH]ccc2c1. The van der Waals surface area contributed by atoms with Crippen LogP contribution >= 0.6 is 0 Å². The molecule has 0 spiro atoms. The second-order valence-corrected chi connectivity index (χ2v) is 5.30. The maximum atomic E-state index is 12.1. The number of ether oxygens (including phenoxy) is 1. The first-order valence-corrected chi connectivity index (χ1v) is 6.82. The number of carbonyl (C=O) groups excluding carboxylic acids is 1. The number of rotatable bonds is 3. The molecule has 1 aliphatic rings. The maximum absolute atomic E-state index is 12.1. The molecule has 5 nitrogen and oxygen atoms in total. The van der Waals surface area contributed by atoms with Gasteiger partial charge in [-0.05, 0) is 24.3 Å². The second-order valence-electron chi connectivity index (χ2n) is 5.30. The molecule has 0 radical (unpaired) electrons. The zero-order valence-corrected chi connectivity index (χ0v) is 11.2. The van der Waals surface area contributed by atoms with Crippen LogP contribution < -0.4 is 5.32 Å². The van der Waals surface area contributed by atoms with Crippen LogP contribution in [0, 0.1) is 0 Å². The quantitative estimate of drug-likeness (QED) is 0.793. The smallest absolute Gasteiger partial charge is 0.251 e. The third-order valence-electron chi connectivity index (χ3n) is 3.82. The first-order chi connectivity index (χ1) is 9.66. The van der Waals surface area contributed by atoms with E-state index in [1.807, 2.05) is 24.4 Å². The lowest BCUT2D eigenvalue weighted by atomic mass is 9.94. The lowest BCUT2D eigenvalue weighted by molar-refractivity contribution is -0.0605. The van der Waals surface area contributed by atoms with E-state index in [0.717, 1.165) is 10.9 Å². The molecule has 0 unspecified atom stereocenters. The average Bonchev–Trinajstić information content (AvgIpc) is 2.93. The number of benzene rings is 1. The monoisotopic (exact) mass is 274 g/mol. The van der Waals surface area contributed by atoms with Crippen molar-refractivity contribution in [2.24, 2.45) is 0 Å². The number of nitrogens with one attached hydrogen (secondary N) is 2. The van der Waals surface area contributed by atoms with Crippen LogP contribution in [0.25, 0.3) is 10.9 Å². The summed E-state index contributed by atoms with van der Waals surface area (Å²) < 4.78 is 5.22. The van der Waals surface area contributed by atoms with Crippen LogP contribution in [0.4, 0.5) is 0 Å². The number of amides is 1. The largest absolute Gasteiger partial charge is 0.388 e. The summed E-state index contributed by atoms with van der Waals surface area (Å²) in [6.45, 7) is 1.35. The predicted octanol–water partition coefficient (Wildman–Crippen LogP) is 1.44. The van der Waals surface area contributed by atoms with E-state index in [0.29, 0.717) is 31.6 Å². The van der Waals surface area contributed by atoms with E-state index in [1.165, 1.54) is 0 Å². The molecular weight excluding hydrogens is 256 g/mol. The Labute approximate surface area is 116 Å². The molecule has 106 valence electrons. The van der Waals surface area contributed by atoms with Gasteiger partial charge in [0.25, 0.3) is 5.91 Å². The van der Waals surface area contributed by atoms with Crippen molar-refractivity contribution < 1.29 is 14.6 Å². The third kappa shape index (κ3) is 2.69. The van der Waals surface area contributed by atoms with Crippen LogP contribution in [0.2, 0.25) is 0 Å². The number of aromatic nitrogens is 1. The molecule has 2 heterocycles.